The first-order valence-electron chi connectivity index (χ1n) is 7.57. The third-order valence-electron chi connectivity index (χ3n) is 3.24. The van der Waals surface area contributed by atoms with Gasteiger partial charge in [-0.3, -0.25) is 0 Å². The van der Waals surface area contributed by atoms with Crippen LogP contribution in [-0.2, 0) is 15.6 Å². The molecule has 0 amide bonds. The van der Waals surface area contributed by atoms with Crippen molar-refractivity contribution in [3.63, 3.8) is 0 Å². The maximum absolute atomic E-state index is 11.5. The van der Waals surface area contributed by atoms with E-state index in [4.69, 9.17) is 0 Å². The first kappa shape index (κ1) is 18.6. The van der Waals surface area contributed by atoms with Crippen LogP contribution in [0.3, 0.4) is 0 Å². The highest BCUT2D eigenvalue weighted by Crippen LogP contribution is 2.34. The van der Waals surface area contributed by atoms with Crippen molar-refractivity contribution in [1.29, 1.82) is 5.26 Å². The van der Waals surface area contributed by atoms with Crippen LogP contribution in [0.2, 0.25) is 0 Å². The molecule has 0 atom stereocenters. The molecule has 0 saturated carbocycles. The predicted molar refractivity (Wildman–Crippen MR) is 100 cm³/mol. The van der Waals surface area contributed by atoms with Gasteiger partial charge in [-0.1, -0.05) is 17.4 Å². The van der Waals surface area contributed by atoms with Crippen molar-refractivity contribution < 1.29 is 8.42 Å². The summed E-state index contributed by atoms with van der Waals surface area (Å²) in [5, 5.41) is 25.4. The number of azo groups is 1. The van der Waals surface area contributed by atoms with E-state index in [9.17, 15) is 13.7 Å². The van der Waals surface area contributed by atoms with Gasteiger partial charge in [-0.15, -0.1) is 10.2 Å². The summed E-state index contributed by atoms with van der Waals surface area (Å²) in [5.41, 5.74) is 0.233. The Morgan fingerprint density at radius 1 is 1.37 bits per heavy atom. The topological polar surface area (TPSA) is 138 Å². The number of hydrogen-bond acceptors (Lipinski definition) is 10. The average molecular weight is 402 g/mol. The molecule has 27 heavy (non-hydrogen) atoms. The summed E-state index contributed by atoms with van der Waals surface area (Å²) in [4.78, 5) is 8.40. The molecule has 3 aromatic rings. The van der Waals surface area contributed by atoms with Gasteiger partial charge in [-0.2, -0.15) is 15.0 Å². The molecule has 0 radical (unpaired) electrons. The van der Waals surface area contributed by atoms with Crippen molar-refractivity contribution in [1.82, 2.24) is 19.7 Å². The number of anilines is 1. The van der Waals surface area contributed by atoms with Gasteiger partial charge in [-0.25, -0.2) is 18.4 Å². The number of nitrogens with zero attached hydrogens (tertiary/aromatic N) is 7. The Kier molecular flexibility index (Phi) is 5.24. The lowest BCUT2D eigenvalue weighted by molar-refractivity contribution is 0.601. The van der Waals surface area contributed by atoms with Crippen LogP contribution in [0.25, 0.3) is 5.82 Å². The highest BCUT2D eigenvalue weighted by molar-refractivity contribution is 7.90. The molecule has 3 heterocycles. The van der Waals surface area contributed by atoms with Crippen LogP contribution in [0.1, 0.15) is 10.6 Å². The maximum atomic E-state index is 11.5. The van der Waals surface area contributed by atoms with Crippen LogP contribution in [0.4, 0.5) is 16.6 Å². The molecule has 138 valence electrons. The van der Waals surface area contributed by atoms with E-state index >= 15 is 0 Å². The second-order valence-electron chi connectivity index (χ2n) is 5.37. The molecule has 0 bridgehead atoms. The fourth-order valence-corrected chi connectivity index (χ4v) is 4.21. The Bertz CT molecular complexity index is 1130. The second kappa shape index (κ2) is 7.60. The molecule has 3 aromatic heterocycles. The minimum Gasteiger partial charge on any atom is -0.371 e. The number of hydrogen-bond donors (Lipinski definition) is 1. The number of pyridine rings is 1. The lowest BCUT2D eigenvalue weighted by Gasteiger charge is -2.01. The van der Waals surface area contributed by atoms with E-state index in [0.29, 0.717) is 21.6 Å². The summed E-state index contributed by atoms with van der Waals surface area (Å²) < 4.78 is 24.4. The molecule has 0 unspecified atom stereocenters. The summed E-state index contributed by atoms with van der Waals surface area (Å²) in [6.45, 7) is 0. The molecule has 12 heteroatoms. The van der Waals surface area contributed by atoms with E-state index in [1.165, 1.54) is 10.9 Å². The Morgan fingerprint density at radius 2 is 2.19 bits per heavy atom. The van der Waals surface area contributed by atoms with Crippen molar-refractivity contribution in [3.8, 4) is 11.9 Å². The molecule has 0 aliphatic carbocycles. The van der Waals surface area contributed by atoms with Crippen LogP contribution in [-0.4, -0.2) is 41.5 Å². The molecule has 0 spiro atoms. The highest BCUT2D eigenvalue weighted by atomic mass is 32.2. The Hall–Kier alpha value is -3.17. The smallest absolute Gasteiger partial charge is 0.197 e. The lowest BCUT2D eigenvalue weighted by Crippen LogP contribution is -2.00. The summed E-state index contributed by atoms with van der Waals surface area (Å²) in [6, 6.07) is 7.29. The lowest BCUT2D eigenvalue weighted by atomic mass is 10.3. The average Bonchev–Trinajstić information content (AvgIpc) is 3.22. The van der Waals surface area contributed by atoms with Crippen molar-refractivity contribution in [2.45, 2.75) is 5.75 Å². The number of nitriles is 1. The van der Waals surface area contributed by atoms with Crippen LogP contribution in [0.15, 0.2) is 40.8 Å². The fraction of sp³-hybridized carbons (Fsp3) is 0.200. The van der Waals surface area contributed by atoms with Gasteiger partial charge in [0.05, 0.1) is 6.20 Å². The van der Waals surface area contributed by atoms with E-state index < -0.39 is 9.84 Å². The first-order valence-corrected chi connectivity index (χ1v) is 10.5. The number of nitrogens with one attached hydrogen (secondary N) is 1. The number of aromatic nitrogens is 4. The number of rotatable bonds is 6. The van der Waals surface area contributed by atoms with Crippen LogP contribution in [0, 0.1) is 11.3 Å². The zero-order valence-electron chi connectivity index (χ0n) is 14.4. The van der Waals surface area contributed by atoms with Crippen LogP contribution in [0.5, 0.6) is 0 Å². The number of thiazole rings is 1. The van der Waals surface area contributed by atoms with Gasteiger partial charge in [0.15, 0.2) is 32.3 Å². The van der Waals surface area contributed by atoms with E-state index in [2.05, 4.69) is 30.6 Å². The fourth-order valence-electron chi connectivity index (χ4n) is 2.13. The molecule has 0 aliphatic rings. The molecule has 0 aliphatic heterocycles. The van der Waals surface area contributed by atoms with Crippen LogP contribution >= 0.6 is 11.3 Å². The van der Waals surface area contributed by atoms with E-state index in [1.807, 2.05) is 6.07 Å². The van der Waals surface area contributed by atoms with Crippen molar-refractivity contribution in [3.05, 3.63) is 41.2 Å². The second-order valence-corrected chi connectivity index (χ2v) is 8.58. The minimum absolute atomic E-state index is 0.183. The normalized spacial score (nSPS) is 11.6. The van der Waals surface area contributed by atoms with Gasteiger partial charge in [0.1, 0.15) is 22.4 Å². The monoisotopic (exact) mass is 402 g/mol. The SMILES string of the molecule is CNc1nc(CS(C)(=O)=O)sc1N=Nc1c(C#N)cnn1-c1ccccn1. The third-order valence-corrected chi connectivity index (χ3v) is 5.16. The van der Waals surface area contributed by atoms with E-state index in [0.717, 1.165) is 17.6 Å². The Morgan fingerprint density at radius 3 is 2.81 bits per heavy atom. The summed E-state index contributed by atoms with van der Waals surface area (Å²) >= 11 is 1.11. The number of sulfone groups is 1. The largest absolute Gasteiger partial charge is 0.371 e. The van der Waals surface area contributed by atoms with Gasteiger partial charge in [0, 0.05) is 19.5 Å². The maximum Gasteiger partial charge on any atom is 0.197 e. The molecule has 3 rings (SSSR count). The molecule has 10 nitrogen and oxygen atoms in total. The third kappa shape index (κ3) is 4.33. The minimum atomic E-state index is -3.22. The predicted octanol–water partition coefficient (Wildman–Crippen LogP) is 2.60. The summed E-state index contributed by atoms with van der Waals surface area (Å²) in [7, 11) is -1.57. The molecule has 0 aromatic carbocycles. The molecular formula is C15H14N8O2S2. The molecule has 0 fully saturated rings. The van der Waals surface area contributed by atoms with Gasteiger partial charge < -0.3 is 5.32 Å². The Balaban J connectivity index is 2.00. The quantitative estimate of drug-likeness (QED) is 0.625. The van der Waals surface area contributed by atoms with E-state index in [-0.39, 0.29) is 17.1 Å². The molecule has 0 saturated heterocycles. The van der Waals surface area contributed by atoms with Crippen molar-refractivity contribution in [2.24, 2.45) is 10.2 Å². The Labute approximate surface area is 159 Å². The summed E-state index contributed by atoms with van der Waals surface area (Å²) in [6.07, 6.45) is 4.12. The van der Waals surface area contributed by atoms with Crippen molar-refractivity contribution in [2.75, 3.05) is 18.6 Å². The van der Waals surface area contributed by atoms with Gasteiger partial charge >= 0.3 is 0 Å². The first-order chi connectivity index (χ1) is 12.9. The highest BCUT2D eigenvalue weighted by Gasteiger charge is 2.16. The van der Waals surface area contributed by atoms with Gasteiger partial charge in [-0.05, 0) is 12.1 Å². The van der Waals surface area contributed by atoms with Crippen molar-refractivity contribution >= 4 is 37.8 Å². The van der Waals surface area contributed by atoms with Crippen LogP contribution < -0.4 is 5.32 Å². The standard InChI is InChI=1S/C15H14N8O2S2/c1-17-13-15(26-12(20-13)9-27(2,24)25)22-21-14-10(7-16)8-19-23(14)11-5-3-4-6-18-11/h3-6,8,17H,9H2,1-2H3. The van der Waals surface area contributed by atoms with Gasteiger partial charge in [0.2, 0.25) is 0 Å². The molecule has 1 N–H and O–H groups in total. The van der Waals surface area contributed by atoms with Gasteiger partial charge in [0.25, 0.3) is 0 Å². The molecular weight excluding hydrogens is 388 g/mol. The zero-order chi connectivity index (χ0) is 19.4. The van der Waals surface area contributed by atoms with E-state index in [1.54, 1.807) is 31.4 Å². The summed E-state index contributed by atoms with van der Waals surface area (Å²) in [5.74, 6) is 0.932. The zero-order valence-corrected chi connectivity index (χ0v) is 16.0.